The summed E-state index contributed by atoms with van der Waals surface area (Å²) in [5.41, 5.74) is 0.293. The predicted molar refractivity (Wildman–Crippen MR) is 77.1 cm³/mol. The lowest BCUT2D eigenvalue weighted by molar-refractivity contribution is 0.0692. The molecule has 0 aliphatic heterocycles. The van der Waals surface area contributed by atoms with Gasteiger partial charge in [-0.05, 0) is 31.0 Å². The molecule has 1 aromatic rings. The minimum atomic E-state index is -0.165. The van der Waals surface area contributed by atoms with Gasteiger partial charge in [0.15, 0.2) is 0 Å². The van der Waals surface area contributed by atoms with E-state index in [1.807, 2.05) is 0 Å². The Labute approximate surface area is 123 Å². The molecule has 1 aliphatic carbocycles. The Balaban J connectivity index is 2.22. The number of aromatic hydroxyl groups is 1. The van der Waals surface area contributed by atoms with Crippen molar-refractivity contribution in [2.45, 2.75) is 31.7 Å². The SMILES string of the molecule is O=C(c1ccc(Cl)cc1O)N(CCCl)C1CCCC1. The zero-order valence-corrected chi connectivity index (χ0v) is 12.1. The molecular formula is C14H17Cl2NO2. The highest BCUT2D eigenvalue weighted by atomic mass is 35.5. The number of carbonyl (C=O) groups excluding carboxylic acids is 1. The van der Waals surface area contributed by atoms with Gasteiger partial charge in [-0.2, -0.15) is 0 Å². The molecule has 19 heavy (non-hydrogen) atoms. The monoisotopic (exact) mass is 301 g/mol. The number of benzene rings is 1. The normalized spacial score (nSPS) is 15.7. The minimum Gasteiger partial charge on any atom is -0.507 e. The summed E-state index contributed by atoms with van der Waals surface area (Å²) in [6.45, 7) is 0.507. The zero-order valence-electron chi connectivity index (χ0n) is 10.6. The van der Waals surface area contributed by atoms with Crippen LogP contribution in [-0.2, 0) is 0 Å². The number of carbonyl (C=O) groups is 1. The average Bonchev–Trinajstić information content (AvgIpc) is 2.89. The standard InChI is InChI=1S/C14H17Cl2NO2/c15-7-8-17(11-3-1-2-4-11)14(19)12-6-5-10(16)9-13(12)18/h5-6,9,11,18H,1-4,7-8H2. The highest BCUT2D eigenvalue weighted by Gasteiger charge is 2.28. The Kier molecular flexibility index (Phi) is 4.94. The number of rotatable bonds is 4. The molecular weight excluding hydrogens is 285 g/mol. The molecule has 0 atom stereocenters. The molecule has 104 valence electrons. The zero-order chi connectivity index (χ0) is 13.8. The van der Waals surface area contributed by atoms with Crippen LogP contribution in [0.5, 0.6) is 5.75 Å². The third-order valence-electron chi connectivity index (χ3n) is 3.54. The smallest absolute Gasteiger partial charge is 0.257 e. The molecule has 3 nitrogen and oxygen atoms in total. The van der Waals surface area contributed by atoms with Gasteiger partial charge < -0.3 is 10.0 Å². The number of phenolic OH excluding ortho intramolecular Hbond substituents is 1. The second-order valence-corrected chi connectivity index (χ2v) is 5.60. The molecule has 1 N–H and O–H groups in total. The van der Waals surface area contributed by atoms with Gasteiger partial charge in [0.2, 0.25) is 0 Å². The van der Waals surface area contributed by atoms with Crippen LogP contribution in [0.2, 0.25) is 5.02 Å². The van der Waals surface area contributed by atoms with Crippen LogP contribution in [0.3, 0.4) is 0 Å². The second-order valence-electron chi connectivity index (χ2n) is 4.79. The van der Waals surface area contributed by atoms with Crippen molar-refractivity contribution in [1.82, 2.24) is 4.90 Å². The van der Waals surface area contributed by atoms with Gasteiger partial charge in [0.05, 0.1) is 5.56 Å². The third kappa shape index (κ3) is 3.34. The van der Waals surface area contributed by atoms with E-state index >= 15 is 0 Å². The van der Waals surface area contributed by atoms with Crippen molar-refractivity contribution in [2.75, 3.05) is 12.4 Å². The molecule has 0 unspecified atom stereocenters. The molecule has 0 radical (unpaired) electrons. The minimum absolute atomic E-state index is 0.0740. The quantitative estimate of drug-likeness (QED) is 0.862. The maximum absolute atomic E-state index is 12.5. The molecule has 5 heteroatoms. The van der Waals surface area contributed by atoms with E-state index in [9.17, 15) is 9.90 Å². The van der Waals surface area contributed by atoms with E-state index in [0.29, 0.717) is 23.0 Å². The number of hydrogen-bond acceptors (Lipinski definition) is 2. The van der Waals surface area contributed by atoms with E-state index in [-0.39, 0.29) is 17.7 Å². The van der Waals surface area contributed by atoms with Crippen molar-refractivity contribution in [2.24, 2.45) is 0 Å². The third-order valence-corrected chi connectivity index (χ3v) is 3.95. The molecule has 2 rings (SSSR count). The van der Waals surface area contributed by atoms with Crippen molar-refractivity contribution in [3.05, 3.63) is 28.8 Å². The molecule has 0 bridgehead atoms. The molecule has 1 saturated carbocycles. The van der Waals surface area contributed by atoms with Gasteiger partial charge in [-0.1, -0.05) is 24.4 Å². The maximum atomic E-state index is 12.5. The van der Waals surface area contributed by atoms with Crippen LogP contribution in [0.15, 0.2) is 18.2 Å². The molecule has 0 heterocycles. The predicted octanol–water partition coefficient (Wildman–Crippen LogP) is 3.67. The van der Waals surface area contributed by atoms with Crippen molar-refractivity contribution >= 4 is 29.1 Å². The highest BCUT2D eigenvalue weighted by Crippen LogP contribution is 2.28. The van der Waals surface area contributed by atoms with Gasteiger partial charge in [0.25, 0.3) is 5.91 Å². The summed E-state index contributed by atoms with van der Waals surface area (Å²) in [7, 11) is 0. The van der Waals surface area contributed by atoms with Crippen LogP contribution in [0.25, 0.3) is 0 Å². The molecule has 0 aromatic heterocycles. The van der Waals surface area contributed by atoms with E-state index in [1.165, 1.54) is 6.07 Å². The Bertz CT molecular complexity index is 459. The number of phenols is 1. The van der Waals surface area contributed by atoms with Crippen molar-refractivity contribution in [3.8, 4) is 5.75 Å². The summed E-state index contributed by atoms with van der Waals surface area (Å²) in [5.74, 6) is 0.160. The first-order chi connectivity index (χ1) is 9.13. The Morgan fingerprint density at radius 3 is 2.63 bits per heavy atom. The number of nitrogens with zero attached hydrogens (tertiary/aromatic N) is 1. The summed E-state index contributed by atoms with van der Waals surface area (Å²) in [6.07, 6.45) is 4.31. The van der Waals surface area contributed by atoms with Crippen LogP contribution in [-0.4, -0.2) is 34.4 Å². The first-order valence-electron chi connectivity index (χ1n) is 6.49. The number of hydrogen-bond donors (Lipinski definition) is 1. The lowest BCUT2D eigenvalue weighted by atomic mass is 10.1. The van der Waals surface area contributed by atoms with E-state index in [4.69, 9.17) is 23.2 Å². The van der Waals surface area contributed by atoms with Gasteiger partial charge in [-0.15, -0.1) is 11.6 Å². The van der Waals surface area contributed by atoms with E-state index in [2.05, 4.69) is 0 Å². The Morgan fingerprint density at radius 2 is 2.05 bits per heavy atom. The van der Waals surface area contributed by atoms with E-state index in [0.717, 1.165) is 25.7 Å². The fourth-order valence-corrected chi connectivity index (χ4v) is 2.95. The number of amides is 1. The Morgan fingerprint density at radius 1 is 1.37 bits per heavy atom. The summed E-state index contributed by atoms with van der Waals surface area (Å²) < 4.78 is 0. The average molecular weight is 302 g/mol. The van der Waals surface area contributed by atoms with Gasteiger partial charge in [0, 0.05) is 23.5 Å². The fourth-order valence-electron chi connectivity index (χ4n) is 2.60. The van der Waals surface area contributed by atoms with Crippen molar-refractivity contribution < 1.29 is 9.90 Å². The summed E-state index contributed by atoms with van der Waals surface area (Å²) in [4.78, 5) is 14.3. The maximum Gasteiger partial charge on any atom is 0.257 e. The van der Waals surface area contributed by atoms with Gasteiger partial charge >= 0.3 is 0 Å². The fraction of sp³-hybridized carbons (Fsp3) is 0.500. The molecule has 1 aromatic carbocycles. The Hall–Kier alpha value is -0.930. The van der Waals surface area contributed by atoms with Crippen molar-refractivity contribution in [3.63, 3.8) is 0 Å². The topological polar surface area (TPSA) is 40.5 Å². The first kappa shape index (κ1) is 14.5. The van der Waals surface area contributed by atoms with Crippen LogP contribution in [0.1, 0.15) is 36.0 Å². The molecule has 1 aliphatic rings. The summed E-state index contributed by atoms with van der Waals surface area (Å²) in [5, 5.41) is 10.3. The van der Waals surface area contributed by atoms with Crippen LogP contribution >= 0.6 is 23.2 Å². The molecule has 0 spiro atoms. The molecule has 1 amide bonds. The first-order valence-corrected chi connectivity index (χ1v) is 7.40. The number of alkyl halides is 1. The summed E-state index contributed by atoms with van der Waals surface area (Å²) in [6, 6.07) is 4.81. The number of halogens is 2. The van der Waals surface area contributed by atoms with Gasteiger partial charge in [-0.25, -0.2) is 0 Å². The van der Waals surface area contributed by atoms with Crippen LogP contribution in [0, 0.1) is 0 Å². The van der Waals surface area contributed by atoms with E-state index < -0.39 is 0 Å². The van der Waals surface area contributed by atoms with Gasteiger partial charge in [-0.3, -0.25) is 4.79 Å². The summed E-state index contributed by atoms with van der Waals surface area (Å²) >= 11 is 11.6. The van der Waals surface area contributed by atoms with Gasteiger partial charge in [0.1, 0.15) is 5.75 Å². The molecule has 0 saturated heterocycles. The van der Waals surface area contributed by atoms with Crippen LogP contribution < -0.4 is 0 Å². The van der Waals surface area contributed by atoms with E-state index in [1.54, 1.807) is 17.0 Å². The lowest BCUT2D eigenvalue weighted by Gasteiger charge is -2.28. The van der Waals surface area contributed by atoms with Crippen LogP contribution in [0.4, 0.5) is 0 Å². The largest absolute Gasteiger partial charge is 0.507 e. The second kappa shape index (κ2) is 6.49. The highest BCUT2D eigenvalue weighted by molar-refractivity contribution is 6.30. The lowest BCUT2D eigenvalue weighted by Crippen LogP contribution is -2.40. The van der Waals surface area contributed by atoms with Crippen molar-refractivity contribution in [1.29, 1.82) is 0 Å². The molecule has 1 fully saturated rings.